The lowest BCUT2D eigenvalue weighted by molar-refractivity contribution is -0.119. The molecule has 1 N–H and O–H groups in total. The van der Waals surface area contributed by atoms with Crippen molar-refractivity contribution in [3.8, 4) is 17.3 Å². The molecule has 0 aliphatic rings. The zero-order chi connectivity index (χ0) is 19.8. The van der Waals surface area contributed by atoms with E-state index >= 15 is 0 Å². The van der Waals surface area contributed by atoms with Gasteiger partial charge in [0.2, 0.25) is 11.9 Å². The van der Waals surface area contributed by atoms with Crippen LogP contribution in [0.1, 0.15) is 12.5 Å². The monoisotopic (exact) mass is 398 g/mol. The van der Waals surface area contributed by atoms with Gasteiger partial charge in [0.05, 0.1) is 16.7 Å². The Balaban J connectivity index is 1.71. The fourth-order valence-corrected chi connectivity index (χ4v) is 3.01. The van der Waals surface area contributed by atoms with Gasteiger partial charge in [-0.25, -0.2) is 9.07 Å². The van der Waals surface area contributed by atoms with E-state index in [0.29, 0.717) is 23.9 Å². The number of hydrogen-bond acceptors (Lipinski definition) is 4. The molecule has 0 aliphatic carbocycles. The van der Waals surface area contributed by atoms with Crippen molar-refractivity contribution in [3.63, 3.8) is 0 Å². The molecule has 4 aromatic rings. The standard InChI is InChI=1S/C19H16ClFN6O/c1-11(28)22-9-12-3-6-17-14(7-12)10-23-27(17)19-24-18(25-26(19)2)13-4-5-15(20)16(21)8-13/h3-8,10H,9H2,1-2H3,(H,22,28). The lowest BCUT2D eigenvalue weighted by Crippen LogP contribution is -2.18. The third kappa shape index (κ3) is 3.34. The summed E-state index contributed by atoms with van der Waals surface area (Å²) in [5.41, 5.74) is 2.34. The maximum Gasteiger partial charge on any atom is 0.249 e. The smallest absolute Gasteiger partial charge is 0.249 e. The Hall–Kier alpha value is -3.26. The molecule has 2 aromatic heterocycles. The Labute approximate surface area is 164 Å². The highest BCUT2D eigenvalue weighted by atomic mass is 35.5. The molecule has 0 atom stereocenters. The fraction of sp³-hybridized carbons (Fsp3) is 0.158. The van der Waals surface area contributed by atoms with E-state index < -0.39 is 5.82 Å². The van der Waals surface area contributed by atoms with Crippen LogP contribution in [-0.4, -0.2) is 30.5 Å². The molecule has 0 radical (unpaired) electrons. The van der Waals surface area contributed by atoms with Gasteiger partial charge in [-0.15, -0.1) is 5.10 Å². The van der Waals surface area contributed by atoms with Crippen LogP contribution in [0.25, 0.3) is 28.2 Å². The number of nitrogens with one attached hydrogen (secondary N) is 1. The van der Waals surface area contributed by atoms with Gasteiger partial charge >= 0.3 is 0 Å². The summed E-state index contributed by atoms with van der Waals surface area (Å²) in [6, 6.07) is 10.2. The van der Waals surface area contributed by atoms with Crippen LogP contribution in [0.3, 0.4) is 0 Å². The van der Waals surface area contributed by atoms with Crippen LogP contribution >= 0.6 is 11.6 Å². The van der Waals surface area contributed by atoms with Crippen LogP contribution in [0.2, 0.25) is 5.02 Å². The highest BCUT2D eigenvalue weighted by Gasteiger charge is 2.15. The van der Waals surface area contributed by atoms with E-state index in [2.05, 4.69) is 20.5 Å². The predicted molar refractivity (Wildman–Crippen MR) is 104 cm³/mol. The van der Waals surface area contributed by atoms with Gasteiger partial charge in [0.15, 0.2) is 5.82 Å². The second kappa shape index (κ2) is 7.05. The lowest BCUT2D eigenvalue weighted by Gasteiger charge is -2.04. The number of aryl methyl sites for hydroxylation is 1. The number of aromatic nitrogens is 5. The average molecular weight is 399 g/mol. The van der Waals surface area contributed by atoms with Crippen molar-refractivity contribution < 1.29 is 9.18 Å². The zero-order valence-corrected chi connectivity index (χ0v) is 15.9. The van der Waals surface area contributed by atoms with Gasteiger partial charge in [-0.3, -0.25) is 4.79 Å². The first-order valence-corrected chi connectivity index (χ1v) is 8.88. The Kier molecular flexibility index (Phi) is 4.56. The largest absolute Gasteiger partial charge is 0.352 e. The molecule has 0 bridgehead atoms. The summed E-state index contributed by atoms with van der Waals surface area (Å²) >= 11 is 5.75. The molecule has 2 aromatic carbocycles. The van der Waals surface area contributed by atoms with Gasteiger partial charge in [0.1, 0.15) is 5.82 Å². The molecule has 0 fully saturated rings. The van der Waals surface area contributed by atoms with E-state index in [1.54, 1.807) is 28.7 Å². The minimum absolute atomic E-state index is 0.0491. The summed E-state index contributed by atoms with van der Waals surface area (Å²) in [6.07, 6.45) is 1.73. The maximum absolute atomic E-state index is 13.8. The molecule has 4 rings (SSSR count). The number of carbonyl (C=O) groups is 1. The van der Waals surface area contributed by atoms with Gasteiger partial charge in [0, 0.05) is 31.5 Å². The fourth-order valence-electron chi connectivity index (χ4n) is 2.90. The number of amides is 1. The summed E-state index contributed by atoms with van der Waals surface area (Å²) in [4.78, 5) is 15.6. The Morgan fingerprint density at radius 2 is 2.07 bits per heavy atom. The molecule has 0 saturated carbocycles. The third-order valence-electron chi connectivity index (χ3n) is 4.28. The second-order valence-electron chi connectivity index (χ2n) is 6.35. The topological polar surface area (TPSA) is 77.6 Å². The molecule has 2 heterocycles. The summed E-state index contributed by atoms with van der Waals surface area (Å²) < 4.78 is 17.0. The number of fused-ring (bicyclic) bond motifs is 1. The Morgan fingerprint density at radius 3 is 2.82 bits per heavy atom. The van der Waals surface area contributed by atoms with Crippen molar-refractivity contribution in [1.82, 2.24) is 29.9 Å². The number of benzene rings is 2. The van der Waals surface area contributed by atoms with Crippen molar-refractivity contribution in [3.05, 3.63) is 59.0 Å². The zero-order valence-electron chi connectivity index (χ0n) is 15.1. The number of rotatable bonds is 4. The normalized spacial score (nSPS) is 11.1. The van der Waals surface area contributed by atoms with Gasteiger partial charge in [-0.05, 0) is 35.9 Å². The Bertz CT molecular complexity index is 1200. The molecule has 7 nitrogen and oxygen atoms in total. The highest BCUT2D eigenvalue weighted by Crippen LogP contribution is 2.24. The van der Waals surface area contributed by atoms with Gasteiger partial charge in [-0.1, -0.05) is 17.7 Å². The summed E-state index contributed by atoms with van der Waals surface area (Å²) in [6.45, 7) is 1.93. The van der Waals surface area contributed by atoms with E-state index in [4.69, 9.17) is 11.6 Å². The van der Waals surface area contributed by atoms with E-state index in [1.807, 2.05) is 18.2 Å². The Morgan fingerprint density at radius 1 is 1.25 bits per heavy atom. The number of hydrogen-bond donors (Lipinski definition) is 1. The van der Waals surface area contributed by atoms with E-state index in [9.17, 15) is 9.18 Å². The number of halogens is 2. The maximum atomic E-state index is 13.8. The van der Waals surface area contributed by atoms with Crippen molar-refractivity contribution in [1.29, 1.82) is 0 Å². The van der Waals surface area contributed by atoms with E-state index in [-0.39, 0.29) is 10.9 Å². The first-order chi connectivity index (χ1) is 13.4. The van der Waals surface area contributed by atoms with Gasteiger partial charge in [0.25, 0.3) is 0 Å². The molecule has 1 amide bonds. The summed E-state index contributed by atoms with van der Waals surface area (Å²) in [5, 5.41) is 12.5. The molecular formula is C19H16ClFN6O. The molecule has 0 saturated heterocycles. The van der Waals surface area contributed by atoms with Crippen LogP contribution < -0.4 is 5.32 Å². The minimum atomic E-state index is -0.524. The van der Waals surface area contributed by atoms with E-state index in [1.165, 1.54) is 19.1 Å². The predicted octanol–water partition coefficient (Wildman–Crippen LogP) is 3.25. The van der Waals surface area contributed by atoms with Crippen LogP contribution in [0.15, 0.2) is 42.6 Å². The average Bonchev–Trinajstić information content (AvgIpc) is 3.25. The molecule has 0 aliphatic heterocycles. The molecule has 0 spiro atoms. The first kappa shape index (κ1) is 18.1. The van der Waals surface area contributed by atoms with Crippen molar-refractivity contribution >= 4 is 28.4 Å². The van der Waals surface area contributed by atoms with Crippen molar-refractivity contribution in [2.24, 2.45) is 7.05 Å². The van der Waals surface area contributed by atoms with Crippen LogP contribution in [-0.2, 0) is 18.4 Å². The van der Waals surface area contributed by atoms with Gasteiger partial charge < -0.3 is 5.32 Å². The number of nitrogens with zero attached hydrogens (tertiary/aromatic N) is 5. The lowest BCUT2D eigenvalue weighted by atomic mass is 10.1. The quantitative estimate of drug-likeness (QED) is 0.572. The SMILES string of the molecule is CC(=O)NCc1ccc2c(cnn2-c2nc(-c3ccc(Cl)c(F)c3)nn2C)c1. The number of carbonyl (C=O) groups excluding carboxylic acids is 1. The molecule has 9 heteroatoms. The summed E-state index contributed by atoms with van der Waals surface area (Å²) in [5.74, 6) is 0.263. The second-order valence-corrected chi connectivity index (χ2v) is 6.75. The van der Waals surface area contributed by atoms with Crippen LogP contribution in [0.5, 0.6) is 0 Å². The van der Waals surface area contributed by atoms with Crippen LogP contribution in [0.4, 0.5) is 4.39 Å². The third-order valence-corrected chi connectivity index (χ3v) is 4.59. The minimum Gasteiger partial charge on any atom is -0.352 e. The first-order valence-electron chi connectivity index (χ1n) is 8.50. The highest BCUT2D eigenvalue weighted by molar-refractivity contribution is 6.30. The van der Waals surface area contributed by atoms with Crippen LogP contribution in [0, 0.1) is 5.82 Å². The van der Waals surface area contributed by atoms with Crippen molar-refractivity contribution in [2.45, 2.75) is 13.5 Å². The summed E-state index contributed by atoms with van der Waals surface area (Å²) in [7, 11) is 1.75. The van der Waals surface area contributed by atoms with Crippen molar-refractivity contribution in [2.75, 3.05) is 0 Å². The van der Waals surface area contributed by atoms with Gasteiger partial charge in [-0.2, -0.15) is 14.8 Å². The van der Waals surface area contributed by atoms with E-state index in [0.717, 1.165) is 16.5 Å². The molecular weight excluding hydrogens is 383 g/mol. The molecule has 28 heavy (non-hydrogen) atoms. The molecule has 142 valence electrons. The molecule has 0 unspecified atom stereocenters.